The van der Waals surface area contributed by atoms with Gasteiger partial charge in [0, 0.05) is 18.9 Å². The van der Waals surface area contributed by atoms with Gasteiger partial charge in [-0.05, 0) is 48.2 Å². The second-order valence-corrected chi connectivity index (χ2v) is 6.36. The van der Waals surface area contributed by atoms with Gasteiger partial charge in [0.05, 0.1) is 11.0 Å². The van der Waals surface area contributed by atoms with Crippen LogP contribution >= 0.6 is 0 Å². The number of aromatic nitrogens is 2. The maximum atomic E-state index is 13.8. The molecule has 4 nitrogen and oxygen atoms in total. The number of imidazole rings is 1. The average Bonchev–Trinajstić information content (AvgIpc) is 3.29. The molecule has 4 rings (SSSR count). The molecule has 1 aliphatic carbocycles. The molecular formula is C19H17F2N3O. The van der Waals surface area contributed by atoms with Crippen LogP contribution in [-0.4, -0.2) is 22.4 Å². The van der Waals surface area contributed by atoms with Gasteiger partial charge in [-0.15, -0.1) is 0 Å². The summed E-state index contributed by atoms with van der Waals surface area (Å²) in [6, 6.07) is 11.1. The number of amides is 1. The second-order valence-electron chi connectivity index (χ2n) is 6.36. The van der Waals surface area contributed by atoms with Crippen LogP contribution in [-0.2, 0) is 11.2 Å². The Hall–Kier alpha value is -2.76. The lowest BCUT2D eigenvalue weighted by Gasteiger charge is -2.05. The fraction of sp³-hybridized carbons (Fsp3) is 0.263. The van der Waals surface area contributed by atoms with Gasteiger partial charge in [-0.2, -0.15) is 0 Å². The summed E-state index contributed by atoms with van der Waals surface area (Å²) in [5.74, 6) is -0.764. The maximum absolute atomic E-state index is 13.8. The normalized spacial score (nSPS) is 19.1. The SMILES string of the molecule is O=C(NCCc1nc2ccccc2[nH]1)[C@H]1C[C@@H]1c1cc(F)ccc1F. The monoisotopic (exact) mass is 341 g/mol. The van der Waals surface area contributed by atoms with Crippen molar-refractivity contribution in [1.82, 2.24) is 15.3 Å². The Labute approximate surface area is 143 Å². The molecule has 0 aliphatic heterocycles. The number of para-hydroxylation sites is 2. The first-order valence-corrected chi connectivity index (χ1v) is 8.28. The van der Waals surface area contributed by atoms with E-state index < -0.39 is 11.6 Å². The van der Waals surface area contributed by atoms with Crippen LogP contribution in [0, 0.1) is 17.6 Å². The first-order valence-electron chi connectivity index (χ1n) is 8.28. The standard InChI is InChI=1S/C19H17F2N3O/c20-11-5-6-15(21)13(9-11)12-10-14(12)19(25)22-8-7-18-23-16-3-1-2-4-17(16)24-18/h1-6,9,12,14H,7-8,10H2,(H,22,25)(H,23,24)/t12-,14+/m1/s1. The molecule has 3 aromatic rings. The number of carbonyl (C=O) groups is 1. The number of benzene rings is 2. The Morgan fingerprint density at radius 2 is 2.08 bits per heavy atom. The summed E-state index contributed by atoms with van der Waals surface area (Å²) in [7, 11) is 0. The van der Waals surface area contributed by atoms with Crippen LogP contribution in [0.15, 0.2) is 42.5 Å². The number of nitrogens with zero attached hydrogens (tertiary/aromatic N) is 1. The van der Waals surface area contributed by atoms with E-state index in [2.05, 4.69) is 15.3 Å². The number of nitrogens with one attached hydrogen (secondary N) is 2. The van der Waals surface area contributed by atoms with E-state index in [0.29, 0.717) is 19.4 Å². The zero-order chi connectivity index (χ0) is 17.4. The summed E-state index contributed by atoms with van der Waals surface area (Å²) in [5.41, 5.74) is 2.15. The van der Waals surface area contributed by atoms with Gasteiger partial charge in [-0.25, -0.2) is 13.8 Å². The van der Waals surface area contributed by atoms with Gasteiger partial charge >= 0.3 is 0 Å². The number of carbonyl (C=O) groups excluding carboxylic acids is 1. The zero-order valence-electron chi connectivity index (χ0n) is 13.4. The zero-order valence-corrected chi connectivity index (χ0v) is 13.4. The Kier molecular flexibility index (Phi) is 3.95. The summed E-state index contributed by atoms with van der Waals surface area (Å²) in [5, 5.41) is 2.86. The molecule has 1 heterocycles. The third kappa shape index (κ3) is 3.24. The van der Waals surface area contributed by atoms with Gasteiger partial charge in [-0.3, -0.25) is 4.79 Å². The predicted molar refractivity (Wildman–Crippen MR) is 90.0 cm³/mol. The summed E-state index contributed by atoms with van der Waals surface area (Å²) in [4.78, 5) is 19.9. The number of H-pyrrole nitrogens is 1. The fourth-order valence-corrected chi connectivity index (χ4v) is 3.19. The van der Waals surface area contributed by atoms with Crippen molar-refractivity contribution in [2.45, 2.75) is 18.8 Å². The molecule has 1 amide bonds. The van der Waals surface area contributed by atoms with E-state index in [1.807, 2.05) is 24.3 Å². The van der Waals surface area contributed by atoms with Crippen molar-refractivity contribution in [3.8, 4) is 0 Å². The molecule has 6 heteroatoms. The van der Waals surface area contributed by atoms with Gasteiger partial charge in [0.1, 0.15) is 17.5 Å². The first-order chi connectivity index (χ1) is 12.1. The lowest BCUT2D eigenvalue weighted by molar-refractivity contribution is -0.122. The van der Waals surface area contributed by atoms with Crippen molar-refractivity contribution in [1.29, 1.82) is 0 Å². The van der Waals surface area contributed by atoms with E-state index in [1.165, 1.54) is 6.07 Å². The molecule has 25 heavy (non-hydrogen) atoms. The Morgan fingerprint density at radius 1 is 1.24 bits per heavy atom. The first kappa shape index (κ1) is 15.7. The summed E-state index contributed by atoms with van der Waals surface area (Å²) in [6.07, 6.45) is 1.14. The quantitative estimate of drug-likeness (QED) is 0.748. The minimum atomic E-state index is -0.479. The van der Waals surface area contributed by atoms with Gasteiger partial charge in [0.15, 0.2) is 0 Å². The molecule has 0 unspecified atom stereocenters. The third-order valence-corrected chi connectivity index (χ3v) is 4.58. The van der Waals surface area contributed by atoms with Gasteiger partial charge < -0.3 is 10.3 Å². The highest BCUT2D eigenvalue weighted by atomic mass is 19.1. The number of fused-ring (bicyclic) bond motifs is 1. The summed E-state index contributed by atoms with van der Waals surface area (Å²) >= 11 is 0. The molecule has 0 spiro atoms. The maximum Gasteiger partial charge on any atom is 0.223 e. The number of hydrogen-bond donors (Lipinski definition) is 2. The van der Waals surface area contributed by atoms with E-state index in [4.69, 9.17) is 0 Å². The van der Waals surface area contributed by atoms with Crippen molar-refractivity contribution >= 4 is 16.9 Å². The molecule has 2 aromatic carbocycles. The smallest absolute Gasteiger partial charge is 0.223 e. The molecule has 1 aromatic heterocycles. The largest absolute Gasteiger partial charge is 0.355 e. The highest BCUT2D eigenvalue weighted by Gasteiger charge is 2.45. The molecule has 1 fully saturated rings. The van der Waals surface area contributed by atoms with E-state index in [1.54, 1.807) is 0 Å². The fourth-order valence-electron chi connectivity index (χ4n) is 3.19. The van der Waals surface area contributed by atoms with Crippen LogP contribution in [0.5, 0.6) is 0 Å². The van der Waals surface area contributed by atoms with E-state index in [9.17, 15) is 13.6 Å². The van der Waals surface area contributed by atoms with Crippen molar-refractivity contribution in [3.63, 3.8) is 0 Å². The van der Waals surface area contributed by atoms with Crippen molar-refractivity contribution in [3.05, 3.63) is 65.5 Å². The third-order valence-electron chi connectivity index (χ3n) is 4.58. The predicted octanol–water partition coefficient (Wildman–Crippen LogP) is 3.30. The molecule has 2 atom stereocenters. The van der Waals surface area contributed by atoms with E-state index >= 15 is 0 Å². The number of hydrogen-bond acceptors (Lipinski definition) is 2. The molecule has 1 saturated carbocycles. The molecule has 0 bridgehead atoms. The Balaban J connectivity index is 1.32. The van der Waals surface area contributed by atoms with Gasteiger partial charge in [0.25, 0.3) is 0 Å². The van der Waals surface area contributed by atoms with Crippen LogP contribution in [0.25, 0.3) is 11.0 Å². The van der Waals surface area contributed by atoms with Crippen LogP contribution in [0.3, 0.4) is 0 Å². The number of aromatic amines is 1. The second kappa shape index (κ2) is 6.27. The summed E-state index contributed by atoms with van der Waals surface area (Å²) in [6.45, 7) is 0.452. The minimum absolute atomic E-state index is 0.121. The summed E-state index contributed by atoms with van der Waals surface area (Å²) < 4.78 is 27.0. The van der Waals surface area contributed by atoms with Crippen LogP contribution in [0.2, 0.25) is 0 Å². The average molecular weight is 341 g/mol. The number of rotatable bonds is 5. The highest BCUT2D eigenvalue weighted by Crippen LogP contribution is 2.48. The molecule has 0 radical (unpaired) electrons. The van der Waals surface area contributed by atoms with Crippen LogP contribution in [0.4, 0.5) is 8.78 Å². The van der Waals surface area contributed by atoms with Crippen LogP contribution < -0.4 is 5.32 Å². The Morgan fingerprint density at radius 3 is 2.92 bits per heavy atom. The topological polar surface area (TPSA) is 57.8 Å². The molecule has 1 aliphatic rings. The van der Waals surface area contributed by atoms with Gasteiger partial charge in [0.2, 0.25) is 5.91 Å². The minimum Gasteiger partial charge on any atom is -0.355 e. The highest BCUT2D eigenvalue weighted by molar-refractivity contribution is 5.83. The molecule has 0 saturated heterocycles. The molecule has 128 valence electrons. The van der Waals surface area contributed by atoms with Gasteiger partial charge in [-0.1, -0.05) is 12.1 Å². The van der Waals surface area contributed by atoms with Crippen LogP contribution in [0.1, 0.15) is 23.7 Å². The molecule has 2 N–H and O–H groups in total. The molecular weight excluding hydrogens is 324 g/mol. The van der Waals surface area contributed by atoms with Crippen molar-refractivity contribution in [2.24, 2.45) is 5.92 Å². The number of halogens is 2. The van der Waals surface area contributed by atoms with E-state index in [0.717, 1.165) is 29.0 Å². The lowest BCUT2D eigenvalue weighted by Crippen LogP contribution is -2.27. The van der Waals surface area contributed by atoms with Crippen molar-refractivity contribution in [2.75, 3.05) is 6.54 Å². The Bertz CT molecular complexity index is 904. The van der Waals surface area contributed by atoms with Crippen molar-refractivity contribution < 1.29 is 13.6 Å². The van der Waals surface area contributed by atoms with E-state index in [-0.39, 0.29) is 23.3 Å². The lowest BCUT2D eigenvalue weighted by atomic mass is 10.1.